The van der Waals surface area contributed by atoms with E-state index in [1.807, 2.05) is 12.1 Å². The summed E-state index contributed by atoms with van der Waals surface area (Å²) >= 11 is 7.32. The second kappa shape index (κ2) is 7.53. The SMILES string of the molecule is C=CCN(Cc1ccc(Cl)s1)C(=O)C(CN)OC. The Hall–Kier alpha value is -0.880. The third-order valence-corrected chi connectivity index (χ3v) is 3.63. The number of nitrogens with zero attached hydrogens (tertiary/aromatic N) is 1. The molecule has 6 heteroatoms. The average molecular weight is 289 g/mol. The molecular weight excluding hydrogens is 272 g/mol. The van der Waals surface area contributed by atoms with Crippen LogP contribution >= 0.6 is 22.9 Å². The highest BCUT2D eigenvalue weighted by molar-refractivity contribution is 7.16. The molecule has 0 aliphatic carbocycles. The second-order valence-corrected chi connectivity index (χ2v) is 5.47. The normalized spacial score (nSPS) is 12.2. The fourth-order valence-electron chi connectivity index (χ4n) is 1.51. The first-order valence-electron chi connectivity index (χ1n) is 5.49. The number of amides is 1. The van der Waals surface area contributed by atoms with E-state index in [-0.39, 0.29) is 12.5 Å². The first kappa shape index (κ1) is 15.2. The number of methoxy groups -OCH3 is 1. The molecular formula is C12H17ClN2O2S. The van der Waals surface area contributed by atoms with Crippen LogP contribution < -0.4 is 5.73 Å². The fourth-order valence-corrected chi connectivity index (χ4v) is 2.62. The van der Waals surface area contributed by atoms with Gasteiger partial charge in [-0.25, -0.2) is 0 Å². The van der Waals surface area contributed by atoms with E-state index in [0.717, 1.165) is 4.88 Å². The number of carbonyl (C=O) groups excluding carboxylic acids is 1. The van der Waals surface area contributed by atoms with Crippen molar-refractivity contribution in [2.45, 2.75) is 12.6 Å². The van der Waals surface area contributed by atoms with E-state index in [4.69, 9.17) is 22.1 Å². The highest BCUT2D eigenvalue weighted by Gasteiger charge is 2.22. The van der Waals surface area contributed by atoms with Crippen LogP contribution in [0.2, 0.25) is 4.34 Å². The number of nitrogens with two attached hydrogens (primary N) is 1. The summed E-state index contributed by atoms with van der Waals surface area (Å²) in [5, 5.41) is 0. The summed E-state index contributed by atoms with van der Waals surface area (Å²) in [6.45, 7) is 4.75. The van der Waals surface area contributed by atoms with Gasteiger partial charge in [0.05, 0.1) is 10.9 Å². The number of hydrogen-bond acceptors (Lipinski definition) is 4. The van der Waals surface area contributed by atoms with Gasteiger partial charge in [-0.3, -0.25) is 4.79 Å². The van der Waals surface area contributed by atoms with E-state index in [2.05, 4.69) is 6.58 Å². The zero-order valence-electron chi connectivity index (χ0n) is 10.3. The molecule has 1 aromatic heterocycles. The third-order valence-electron chi connectivity index (χ3n) is 2.41. The fraction of sp³-hybridized carbons (Fsp3) is 0.417. The van der Waals surface area contributed by atoms with Gasteiger partial charge >= 0.3 is 0 Å². The summed E-state index contributed by atoms with van der Waals surface area (Å²) in [7, 11) is 1.48. The van der Waals surface area contributed by atoms with Crippen LogP contribution in [0, 0.1) is 0 Å². The van der Waals surface area contributed by atoms with Crippen molar-refractivity contribution in [1.82, 2.24) is 4.90 Å². The zero-order valence-corrected chi connectivity index (χ0v) is 11.8. The Morgan fingerprint density at radius 1 is 1.72 bits per heavy atom. The molecule has 1 aromatic rings. The van der Waals surface area contributed by atoms with E-state index in [1.165, 1.54) is 18.4 Å². The average Bonchev–Trinajstić information content (AvgIpc) is 2.75. The summed E-state index contributed by atoms with van der Waals surface area (Å²) < 4.78 is 5.76. The van der Waals surface area contributed by atoms with Crippen LogP contribution in [0.3, 0.4) is 0 Å². The molecule has 0 spiro atoms. The number of carbonyl (C=O) groups is 1. The summed E-state index contributed by atoms with van der Waals surface area (Å²) in [6.07, 6.45) is 1.07. The van der Waals surface area contributed by atoms with Crippen molar-refractivity contribution in [2.24, 2.45) is 5.73 Å². The molecule has 0 saturated carbocycles. The van der Waals surface area contributed by atoms with Crippen molar-refractivity contribution in [2.75, 3.05) is 20.2 Å². The van der Waals surface area contributed by atoms with Gasteiger partial charge in [-0.05, 0) is 12.1 Å². The predicted molar refractivity (Wildman–Crippen MR) is 74.8 cm³/mol. The molecule has 1 rings (SSSR count). The summed E-state index contributed by atoms with van der Waals surface area (Å²) in [5.41, 5.74) is 5.50. The number of hydrogen-bond donors (Lipinski definition) is 1. The van der Waals surface area contributed by atoms with Crippen LogP contribution in [-0.2, 0) is 16.1 Å². The number of thiophene rings is 1. The largest absolute Gasteiger partial charge is 0.370 e. The minimum absolute atomic E-state index is 0.135. The van der Waals surface area contributed by atoms with Crippen LogP contribution in [0.5, 0.6) is 0 Å². The molecule has 1 heterocycles. The van der Waals surface area contributed by atoms with Crippen molar-refractivity contribution in [3.63, 3.8) is 0 Å². The summed E-state index contributed by atoms with van der Waals surface area (Å²) in [4.78, 5) is 14.8. The first-order chi connectivity index (χ1) is 8.62. The number of ether oxygens (including phenoxy) is 1. The van der Waals surface area contributed by atoms with Crippen molar-refractivity contribution in [1.29, 1.82) is 0 Å². The predicted octanol–water partition coefficient (Wildman–Crippen LogP) is 1.89. The van der Waals surface area contributed by atoms with E-state index in [1.54, 1.807) is 11.0 Å². The molecule has 0 radical (unpaired) electrons. The van der Waals surface area contributed by atoms with Crippen LogP contribution in [0.4, 0.5) is 0 Å². The summed E-state index contributed by atoms with van der Waals surface area (Å²) in [5.74, 6) is -0.135. The maximum absolute atomic E-state index is 12.2. The Kier molecular flexibility index (Phi) is 6.35. The Bertz CT molecular complexity index is 405. The smallest absolute Gasteiger partial charge is 0.253 e. The van der Waals surface area contributed by atoms with E-state index < -0.39 is 6.10 Å². The number of halogens is 1. The molecule has 100 valence electrons. The molecule has 0 aliphatic rings. The van der Waals surface area contributed by atoms with Gasteiger partial charge in [-0.15, -0.1) is 17.9 Å². The lowest BCUT2D eigenvalue weighted by molar-refractivity contribution is -0.141. The van der Waals surface area contributed by atoms with Gasteiger partial charge in [0.2, 0.25) is 0 Å². The van der Waals surface area contributed by atoms with Gasteiger partial charge < -0.3 is 15.4 Å². The molecule has 0 bridgehead atoms. The van der Waals surface area contributed by atoms with Gasteiger partial charge in [-0.2, -0.15) is 0 Å². The molecule has 0 fully saturated rings. The van der Waals surface area contributed by atoms with E-state index >= 15 is 0 Å². The minimum Gasteiger partial charge on any atom is -0.370 e. The molecule has 1 amide bonds. The standard InChI is InChI=1S/C12H17ClN2O2S/c1-3-6-15(12(16)10(7-14)17-2)8-9-4-5-11(13)18-9/h3-5,10H,1,6-8,14H2,2H3. The van der Waals surface area contributed by atoms with Crippen molar-refractivity contribution in [3.05, 3.63) is 34.0 Å². The monoisotopic (exact) mass is 288 g/mol. The van der Waals surface area contributed by atoms with Gasteiger partial charge in [0.25, 0.3) is 5.91 Å². The second-order valence-electron chi connectivity index (χ2n) is 3.67. The maximum Gasteiger partial charge on any atom is 0.253 e. The summed E-state index contributed by atoms with van der Waals surface area (Å²) in [6, 6.07) is 3.72. The molecule has 1 atom stereocenters. The molecule has 18 heavy (non-hydrogen) atoms. The van der Waals surface area contributed by atoms with Crippen LogP contribution in [-0.4, -0.2) is 37.1 Å². The van der Waals surface area contributed by atoms with Crippen LogP contribution in [0.1, 0.15) is 4.88 Å². The first-order valence-corrected chi connectivity index (χ1v) is 6.68. The van der Waals surface area contributed by atoms with Crippen molar-refractivity contribution < 1.29 is 9.53 Å². The van der Waals surface area contributed by atoms with Crippen LogP contribution in [0.25, 0.3) is 0 Å². The molecule has 0 aromatic carbocycles. The third kappa shape index (κ3) is 4.10. The van der Waals surface area contributed by atoms with Crippen molar-refractivity contribution in [3.8, 4) is 0 Å². The van der Waals surface area contributed by atoms with Gasteiger partial charge in [-0.1, -0.05) is 17.7 Å². The Morgan fingerprint density at radius 2 is 2.44 bits per heavy atom. The lowest BCUT2D eigenvalue weighted by Crippen LogP contribution is -2.43. The highest BCUT2D eigenvalue weighted by Crippen LogP contribution is 2.23. The highest BCUT2D eigenvalue weighted by atomic mass is 35.5. The van der Waals surface area contributed by atoms with E-state index in [0.29, 0.717) is 17.4 Å². The topological polar surface area (TPSA) is 55.6 Å². The lowest BCUT2D eigenvalue weighted by Gasteiger charge is -2.24. The lowest BCUT2D eigenvalue weighted by atomic mass is 10.3. The molecule has 2 N–H and O–H groups in total. The van der Waals surface area contributed by atoms with Crippen LogP contribution in [0.15, 0.2) is 24.8 Å². The van der Waals surface area contributed by atoms with E-state index in [9.17, 15) is 4.79 Å². The van der Waals surface area contributed by atoms with Gasteiger partial charge in [0.15, 0.2) is 0 Å². The maximum atomic E-state index is 12.2. The minimum atomic E-state index is -0.611. The quantitative estimate of drug-likeness (QED) is 0.780. The molecule has 0 saturated heterocycles. The molecule has 4 nitrogen and oxygen atoms in total. The van der Waals surface area contributed by atoms with Gasteiger partial charge in [0.1, 0.15) is 6.10 Å². The Morgan fingerprint density at radius 3 is 2.89 bits per heavy atom. The zero-order chi connectivity index (χ0) is 13.5. The molecule has 1 unspecified atom stereocenters. The Balaban J connectivity index is 2.75. The van der Waals surface area contributed by atoms with Crippen molar-refractivity contribution >= 4 is 28.8 Å². The number of rotatable bonds is 7. The Labute approximate surface area is 116 Å². The molecule has 0 aliphatic heterocycles. The van der Waals surface area contributed by atoms with Gasteiger partial charge in [0, 0.05) is 25.1 Å².